The minimum Gasteiger partial charge on any atom is -0.478 e. The zero-order valence-electron chi connectivity index (χ0n) is 37.4. The monoisotopic (exact) mass is 816 g/mol. The number of anilines is 5. The number of hydrogen-bond donors (Lipinski definition) is 1. The smallest absolute Gasteiger partial charge is 0.124 e. The van der Waals surface area contributed by atoms with Crippen LogP contribution in [0.5, 0.6) is 0 Å². The average Bonchev–Trinajstić information content (AvgIpc) is 3.27. The van der Waals surface area contributed by atoms with Gasteiger partial charge in [-0.25, -0.2) is 0 Å². The number of hydrogen-bond acceptors (Lipinski definition) is 4. The number of quaternary nitrogens is 1. The SMILES string of the molecule is CCC1C=c2c(-c3ccc(N(c4ccccc4)c4ccccc4)cc3)c3c(c(C4C=CC(N(c5ccccc5)c5ccccc5)=CC4)c2=NN1CC(C)(C)C)[N-][NH+]3CC(C)(C)C. The topological polar surface area (TPSA) is 40.6 Å². The predicted octanol–water partition coefficient (Wildman–Crippen LogP) is 12.5. The highest BCUT2D eigenvalue weighted by atomic mass is 15.6. The summed E-state index contributed by atoms with van der Waals surface area (Å²) < 4.78 is 0. The van der Waals surface area contributed by atoms with Gasteiger partial charge in [0.25, 0.3) is 0 Å². The molecule has 0 aromatic heterocycles. The molecule has 314 valence electrons. The minimum atomic E-state index is 0.0725. The first-order valence-corrected chi connectivity index (χ1v) is 22.4. The van der Waals surface area contributed by atoms with Crippen molar-refractivity contribution in [2.24, 2.45) is 15.9 Å². The highest BCUT2D eigenvalue weighted by Gasteiger charge is 2.36. The molecule has 0 fully saturated rings. The van der Waals surface area contributed by atoms with Crippen LogP contribution in [0.1, 0.15) is 72.8 Å². The van der Waals surface area contributed by atoms with Crippen LogP contribution in [-0.2, 0) is 0 Å². The van der Waals surface area contributed by atoms with E-state index < -0.39 is 0 Å². The quantitative estimate of drug-likeness (QED) is 0.142. The van der Waals surface area contributed by atoms with Gasteiger partial charge in [-0.1, -0.05) is 152 Å². The van der Waals surface area contributed by atoms with E-state index in [0.29, 0.717) is 0 Å². The van der Waals surface area contributed by atoms with Gasteiger partial charge in [-0.2, -0.15) is 5.10 Å². The van der Waals surface area contributed by atoms with Crippen molar-refractivity contribution in [1.82, 2.24) is 5.01 Å². The molecular formula is C56H60N6. The number of para-hydroxylation sites is 4. The van der Waals surface area contributed by atoms with Crippen molar-refractivity contribution in [2.45, 2.75) is 73.3 Å². The van der Waals surface area contributed by atoms with Crippen LogP contribution in [0, 0.1) is 10.8 Å². The van der Waals surface area contributed by atoms with Gasteiger partial charge in [0, 0.05) is 57.2 Å². The Balaban J connectivity index is 1.20. The van der Waals surface area contributed by atoms with Gasteiger partial charge in [0.05, 0.1) is 23.5 Å². The Kier molecular flexibility index (Phi) is 11.1. The Labute approximate surface area is 368 Å². The van der Waals surface area contributed by atoms with Gasteiger partial charge >= 0.3 is 0 Å². The summed E-state index contributed by atoms with van der Waals surface area (Å²) in [5.41, 5.74) is 18.6. The minimum absolute atomic E-state index is 0.0725. The summed E-state index contributed by atoms with van der Waals surface area (Å²) in [4.78, 5) is 4.69. The summed E-state index contributed by atoms with van der Waals surface area (Å²) in [5.74, 6) is 0.114. The van der Waals surface area contributed by atoms with E-state index in [1.165, 1.54) is 38.3 Å². The Morgan fingerprint density at radius 2 is 1.18 bits per heavy atom. The van der Waals surface area contributed by atoms with Gasteiger partial charge < -0.3 is 20.2 Å². The zero-order chi connectivity index (χ0) is 43.0. The summed E-state index contributed by atoms with van der Waals surface area (Å²) >= 11 is 0. The van der Waals surface area contributed by atoms with Gasteiger partial charge in [-0.15, -0.1) is 0 Å². The summed E-state index contributed by atoms with van der Waals surface area (Å²) in [7, 11) is 0. The first-order chi connectivity index (χ1) is 30.0. The fraction of sp³-hybridized carbons (Fsp3) is 0.268. The molecule has 9 rings (SSSR count). The highest BCUT2D eigenvalue weighted by molar-refractivity contribution is 5.90. The molecule has 1 N–H and O–H groups in total. The highest BCUT2D eigenvalue weighted by Crippen LogP contribution is 2.46. The molecule has 0 bridgehead atoms. The van der Waals surface area contributed by atoms with E-state index in [0.717, 1.165) is 65.4 Å². The standard InChI is InChI=1S/C56H60N6/c1-8-42-37-49-50(40-29-33-47(34-30-40)61(43-21-13-9-14-22-43)44-23-15-10-16-24-44)54-53(58-60(54)39-56(5,6)7)51(52(49)57-59(42)38-55(2,3)4)41-31-35-48(36-32-41)62(45-25-17-11-18-26-45)46-27-19-12-20-28-46/h9-31,33-37,41-42,60H,8,32,38-39H2,1-7H3. The van der Waals surface area contributed by atoms with E-state index in [2.05, 4.69) is 233 Å². The van der Waals surface area contributed by atoms with E-state index in [-0.39, 0.29) is 22.8 Å². The molecule has 3 unspecified atom stereocenters. The fourth-order valence-corrected chi connectivity index (χ4v) is 9.27. The molecule has 6 heteroatoms. The lowest BCUT2D eigenvalue weighted by atomic mass is 9.83. The van der Waals surface area contributed by atoms with Gasteiger partial charge in [0.1, 0.15) is 5.69 Å². The van der Waals surface area contributed by atoms with Crippen molar-refractivity contribution in [3.8, 4) is 11.1 Å². The zero-order valence-corrected chi connectivity index (χ0v) is 37.4. The number of benzene rings is 6. The van der Waals surface area contributed by atoms with E-state index in [9.17, 15) is 0 Å². The fourth-order valence-electron chi connectivity index (χ4n) is 9.27. The number of allylic oxidation sites excluding steroid dienone is 3. The third-order valence-electron chi connectivity index (χ3n) is 12.0. The maximum atomic E-state index is 5.71. The summed E-state index contributed by atoms with van der Waals surface area (Å²) in [6.45, 7) is 18.0. The normalized spacial score (nSPS) is 18.0. The number of nitrogens with one attached hydrogen (secondary N) is 1. The summed E-state index contributed by atoms with van der Waals surface area (Å²) in [6.07, 6.45) is 11.5. The first kappa shape index (κ1) is 41.0. The maximum Gasteiger partial charge on any atom is 0.124 e. The molecule has 3 aliphatic rings. The van der Waals surface area contributed by atoms with Crippen LogP contribution >= 0.6 is 0 Å². The van der Waals surface area contributed by atoms with Gasteiger partial charge in [0.15, 0.2) is 0 Å². The molecular weight excluding hydrogens is 757 g/mol. The molecule has 0 saturated heterocycles. The lowest BCUT2D eigenvalue weighted by Gasteiger charge is -2.50. The average molecular weight is 817 g/mol. The Bertz CT molecular complexity index is 2620. The van der Waals surface area contributed by atoms with Crippen LogP contribution < -0.4 is 25.4 Å². The molecule has 2 aliphatic heterocycles. The Morgan fingerprint density at radius 3 is 1.65 bits per heavy atom. The molecule has 0 saturated carbocycles. The van der Waals surface area contributed by atoms with Crippen molar-refractivity contribution in [3.63, 3.8) is 0 Å². The number of rotatable bonds is 11. The molecule has 6 aromatic carbocycles. The molecule has 6 nitrogen and oxygen atoms in total. The molecule has 6 aromatic rings. The second-order valence-corrected chi connectivity index (χ2v) is 19.4. The Hall–Kier alpha value is -6.37. The lowest BCUT2D eigenvalue weighted by Crippen LogP contribution is -3.08. The van der Waals surface area contributed by atoms with Crippen LogP contribution in [0.25, 0.3) is 22.6 Å². The first-order valence-electron chi connectivity index (χ1n) is 22.4. The third-order valence-corrected chi connectivity index (χ3v) is 12.0. The van der Waals surface area contributed by atoms with Gasteiger partial charge in [-0.3, -0.25) is 5.01 Å². The number of nitrogens with zero attached hydrogens (tertiary/aromatic N) is 5. The Morgan fingerprint density at radius 1 is 0.661 bits per heavy atom. The van der Waals surface area contributed by atoms with Crippen molar-refractivity contribution in [3.05, 3.63) is 191 Å². The largest absolute Gasteiger partial charge is 0.478 e. The summed E-state index contributed by atoms with van der Waals surface area (Å²) in [5, 5.41) is 11.6. The van der Waals surface area contributed by atoms with Gasteiger partial charge in [-0.05, 0) is 102 Å². The molecule has 3 atom stereocenters. The van der Waals surface area contributed by atoms with E-state index in [1.807, 2.05) is 0 Å². The van der Waals surface area contributed by atoms with Crippen molar-refractivity contribution < 1.29 is 5.01 Å². The van der Waals surface area contributed by atoms with Crippen LogP contribution in [0.2, 0.25) is 0 Å². The summed E-state index contributed by atoms with van der Waals surface area (Å²) in [6, 6.07) is 52.1. The van der Waals surface area contributed by atoms with Crippen LogP contribution in [0.3, 0.4) is 0 Å². The molecule has 62 heavy (non-hydrogen) atoms. The van der Waals surface area contributed by atoms with E-state index in [4.69, 9.17) is 10.5 Å². The molecule has 2 heterocycles. The van der Waals surface area contributed by atoms with Crippen LogP contribution in [0.15, 0.2) is 175 Å². The lowest BCUT2D eigenvalue weighted by molar-refractivity contribution is -0.810. The van der Waals surface area contributed by atoms with Crippen LogP contribution in [0.4, 0.5) is 39.8 Å². The second-order valence-electron chi connectivity index (χ2n) is 19.4. The molecule has 0 amide bonds. The maximum absolute atomic E-state index is 5.71. The van der Waals surface area contributed by atoms with Crippen molar-refractivity contribution in [1.29, 1.82) is 0 Å². The van der Waals surface area contributed by atoms with E-state index in [1.54, 1.807) is 0 Å². The molecule has 0 radical (unpaired) electrons. The van der Waals surface area contributed by atoms with Crippen LogP contribution in [-0.4, -0.2) is 24.1 Å². The second kappa shape index (κ2) is 16.8. The van der Waals surface area contributed by atoms with Gasteiger partial charge in [0.2, 0.25) is 0 Å². The van der Waals surface area contributed by atoms with Crippen molar-refractivity contribution in [2.75, 3.05) is 22.9 Å². The number of fused-ring (bicyclic) bond motifs is 2. The molecule has 1 aliphatic carbocycles. The molecule has 0 spiro atoms. The van der Waals surface area contributed by atoms with E-state index >= 15 is 0 Å². The van der Waals surface area contributed by atoms with Crippen molar-refractivity contribution >= 4 is 45.9 Å². The predicted molar refractivity (Wildman–Crippen MR) is 260 cm³/mol. The third kappa shape index (κ3) is 8.32.